The molecule has 2 nitrogen and oxygen atoms in total. The third-order valence-electron chi connectivity index (χ3n) is 2.62. The summed E-state index contributed by atoms with van der Waals surface area (Å²) in [5.41, 5.74) is 8.16. The largest absolute Gasteiger partial charge is 0.384 e. The SMILES string of the molecule is CCC(C)CN=C(N)c1ccc(C)cc1. The third kappa shape index (κ3) is 3.74. The molecule has 0 amide bonds. The molecule has 0 aliphatic rings. The van der Waals surface area contributed by atoms with Gasteiger partial charge >= 0.3 is 0 Å². The smallest absolute Gasteiger partial charge is 0.125 e. The molecule has 1 rings (SSSR count). The number of aryl methyl sites for hydroxylation is 1. The molecule has 1 aromatic rings. The van der Waals surface area contributed by atoms with Crippen molar-refractivity contribution in [2.24, 2.45) is 16.6 Å². The summed E-state index contributed by atoms with van der Waals surface area (Å²) in [6.45, 7) is 7.24. The number of nitrogens with zero attached hydrogens (tertiary/aromatic N) is 1. The van der Waals surface area contributed by atoms with Crippen LogP contribution in [0, 0.1) is 12.8 Å². The van der Waals surface area contributed by atoms with Gasteiger partial charge in [-0.25, -0.2) is 0 Å². The number of rotatable bonds is 4. The lowest BCUT2D eigenvalue weighted by Gasteiger charge is -2.05. The van der Waals surface area contributed by atoms with Crippen LogP contribution in [0.2, 0.25) is 0 Å². The van der Waals surface area contributed by atoms with Crippen LogP contribution in [0.4, 0.5) is 0 Å². The summed E-state index contributed by atoms with van der Waals surface area (Å²) in [6.07, 6.45) is 1.14. The van der Waals surface area contributed by atoms with E-state index in [4.69, 9.17) is 5.73 Å². The number of hydrogen-bond acceptors (Lipinski definition) is 1. The molecule has 1 atom stereocenters. The van der Waals surface area contributed by atoms with Crippen LogP contribution in [0.25, 0.3) is 0 Å². The normalized spacial score (nSPS) is 13.9. The highest BCUT2D eigenvalue weighted by Gasteiger charge is 1.99. The van der Waals surface area contributed by atoms with Crippen LogP contribution in [-0.4, -0.2) is 12.4 Å². The molecule has 0 saturated heterocycles. The van der Waals surface area contributed by atoms with E-state index in [1.807, 2.05) is 12.1 Å². The molecular formula is C13H20N2. The molecule has 0 aliphatic heterocycles. The second-order valence-corrected chi connectivity index (χ2v) is 4.11. The summed E-state index contributed by atoms with van der Waals surface area (Å²) in [4.78, 5) is 4.39. The Labute approximate surface area is 92.2 Å². The van der Waals surface area contributed by atoms with E-state index in [-0.39, 0.29) is 0 Å². The van der Waals surface area contributed by atoms with Crippen molar-refractivity contribution >= 4 is 5.84 Å². The number of nitrogens with two attached hydrogens (primary N) is 1. The lowest BCUT2D eigenvalue weighted by atomic mass is 10.1. The Hall–Kier alpha value is -1.31. The van der Waals surface area contributed by atoms with Gasteiger partial charge < -0.3 is 5.73 Å². The summed E-state index contributed by atoms with van der Waals surface area (Å²) in [6, 6.07) is 8.15. The molecule has 2 heteroatoms. The van der Waals surface area contributed by atoms with E-state index in [1.54, 1.807) is 0 Å². The Balaban J connectivity index is 2.67. The van der Waals surface area contributed by atoms with Crippen LogP contribution in [0.3, 0.4) is 0 Å². The number of aliphatic imine (C=N–C) groups is 1. The van der Waals surface area contributed by atoms with Gasteiger partial charge in [0, 0.05) is 12.1 Å². The summed E-state index contributed by atoms with van der Waals surface area (Å²) in [5, 5.41) is 0. The minimum atomic E-state index is 0.606. The zero-order chi connectivity index (χ0) is 11.3. The zero-order valence-electron chi connectivity index (χ0n) is 9.83. The van der Waals surface area contributed by atoms with Gasteiger partial charge in [-0.2, -0.15) is 0 Å². The standard InChI is InChI=1S/C13H20N2/c1-4-10(2)9-15-13(14)12-7-5-11(3)6-8-12/h5-8,10H,4,9H2,1-3H3,(H2,14,15). The van der Waals surface area contributed by atoms with Crippen molar-refractivity contribution in [1.82, 2.24) is 0 Å². The van der Waals surface area contributed by atoms with E-state index in [0.29, 0.717) is 11.8 Å². The fourth-order valence-corrected chi connectivity index (χ4v) is 1.20. The highest BCUT2D eigenvalue weighted by molar-refractivity contribution is 5.97. The molecule has 82 valence electrons. The Kier molecular flexibility index (Phi) is 4.35. The van der Waals surface area contributed by atoms with E-state index < -0.39 is 0 Å². The molecule has 0 spiro atoms. The summed E-state index contributed by atoms with van der Waals surface area (Å²) in [5.74, 6) is 1.25. The van der Waals surface area contributed by atoms with Crippen molar-refractivity contribution in [3.63, 3.8) is 0 Å². The molecular weight excluding hydrogens is 184 g/mol. The maximum absolute atomic E-state index is 5.90. The van der Waals surface area contributed by atoms with Gasteiger partial charge in [0.1, 0.15) is 5.84 Å². The first kappa shape index (κ1) is 11.8. The van der Waals surface area contributed by atoms with Gasteiger partial charge in [-0.05, 0) is 12.8 Å². The van der Waals surface area contributed by atoms with Gasteiger partial charge in [0.2, 0.25) is 0 Å². The van der Waals surface area contributed by atoms with E-state index >= 15 is 0 Å². The zero-order valence-corrected chi connectivity index (χ0v) is 9.83. The van der Waals surface area contributed by atoms with Crippen molar-refractivity contribution < 1.29 is 0 Å². The molecule has 0 heterocycles. The van der Waals surface area contributed by atoms with Gasteiger partial charge in [0.15, 0.2) is 0 Å². The predicted octanol–water partition coefficient (Wildman–Crippen LogP) is 2.75. The fourth-order valence-electron chi connectivity index (χ4n) is 1.20. The monoisotopic (exact) mass is 204 g/mol. The van der Waals surface area contributed by atoms with Crippen LogP contribution in [0.1, 0.15) is 31.4 Å². The van der Waals surface area contributed by atoms with Crippen LogP contribution < -0.4 is 5.73 Å². The van der Waals surface area contributed by atoms with Gasteiger partial charge in [-0.3, -0.25) is 4.99 Å². The van der Waals surface area contributed by atoms with E-state index in [2.05, 4.69) is 37.9 Å². The van der Waals surface area contributed by atoms with Crippen molar-refractivity contribution in [2.45, 2.75) is 27.2 Å². The van der Waals surface area contributed by atoms with E-state index in [9.17, 15) is 0 Å². The average Bonchev–Trinajstić information content (AvgIpc) is 2.26. The first-order chi connectivity index (χ1) is 7.13. The molecule has 15 heavy (non-hydrogen) atoms. The highest BCUT2D eigenvalue weighted by atomic mass is 14.8. The molecule has 0 radical (unpaired) electrons. The summed E-state index contributed by atoms with van der Waals surface area (Å²) in [7, 11) is 0. The Morgan fingerprint density at radius 2 is 1.93 bits per heavy atom. The molecule has 0 bridgehead atoms. The van der Waals surface area contributed by atoms with Gasteiger partial charge in [0.25, 0.3) is 0 Å². The van der Waals surface area contributed by atoms with Crippen LogP contribution in [-0.2, 0) is 0 Å². The second-order valence-electron chi connectivity index (χ2n) is 4.11. The van der Waals surface area contributed by atoms with Crippen molar-refractivity contribution in [3.8, 4) is 0 Å². The Morgan fingerprint density at radius 3 is 2.47 bits per heavy atom. The lowest BCUT2D eigenvalue weighted by molar-refractivity contribution is 0.577. The topological polar surface area (TPSA) is 38.4 Å². The first-order valence-corrected chi connectivity index (χ1v) is 5.50. The second kappa shape index (κ2) is 5.54. The minimum Gasteiger partial charge on any atom is -0.384 e. The summed E-state index contributed by atoms with van der Waals surface area (Å²) >= 11 is 0. The maximum Gasteiger partial charge on any atom is 0.125 e. The first-order valence-electron chi connectivity index (χ1n) is 5.50. The molecule has 0 fully saturated rings. The maximum atomic E-state index is 5.90. The Morgan fingerprint density at radius 1 is 1.33 bits per heavy atom. The van der Waals surface area contributed by atoms with E-state index in [1.165, 1.54) is 5.56 Å². The van der Waals surface area contributed by atoms with Gasteiger partial charge in [-0.1, -0.05) is 50.1 Å². The molecule has 1 unspecified atom stereocenters. The minimum absolute atomic E-state index is 0.606. The van der Waals surface area contributed by atoms with E-state index in [0.717, 1.165) is 18.5 Å². The van der Waals surface area contributed by atoms with Crippen LogP contribution in [0.5, 0.6) is 0 Å². The van der Waals surface area contributed by atoms with Gasteiger partial charge in [0.05, 0.1) is 0 Å². The Bertz CT molecular complexity index is 325. The number of amidine groups is 1. The summed E-state index contributed by atoms with van der Waals surface area (Å²) < 4.78 is 0. The van der Waals surface area contributed by atoms with Crippen LogP contribution >= 0.6 is 0 Å². The fraction of sp³-hybridized carbons (Fsp3) is 0.462. The quantitative estimate of drug-likeness (QED) is 0.594. The molecule has 0 aliphatic carbocycles. The molecule has 0 aromatic heterocycles. The number of benzene rings is 1. The molecule has 0 saturated carbocycles. The third-order valence-corrected chi connectivity index (χ3v) is 2.62. The average molecular weight is 204 g/mol. The van der Waals surface area contributed by atoms with Crippen LogP contribution in [0.15, 0.2) is 29.3 Å². The lowest BCUT2D eigenvalue weighted by Crippen LogP contribution is -2.15. The van der Waals surface area contributed by atoms with Gasteiger partial charge in [-0.15, -0.1) is 0 Å². The van der Waals surface area contributed by atoms with Crippen molar-refractivity contribution in [3.05, 3.63) is 35.4 Å². The molecule has 2 N–H and O–H groups in total. The highest BCUT2D eigenvalue weighted by Crippen LogP contribution is 2.05. The number of hydrogen-bond donors (Lipinski definition) is 1. The predicted molar refractivity (Wildman–Crippen MR) is 66.2 cm³/mol. The van der Waals surface area contributed by atoms with Crippen molar-refractivity contribution in [2.75, 3.05) is 6.54 Å². The molecule has 1 aromatic carbocycles. The van der Waals surface area contributed by atoms with Crippen molar-refractivity contribution in [1.29, 1.82) is 0 Å².